The van der Waals surface area contributed by atoms with Crippen molar-refractivity contribution in [2.75, 3.05) is 6.54 Å². The second kappa shape index (κ2) is 6.33. The first-order valence-electron chi connectivity index (χ1n) is 6.47. The maximum atomic E-state index is 5.81. The van der Waals surface area contributed by atoms with Crippen molar-refractivity contribution in [1.82, 2.24) is 10.1 Å². The van der Waals surface area contributed by atoms with E-state index in [0.717, 1.165) is 29.7 Å². The van der Waals surface area contributed by atoms with Gasteiger partial charge in [-0.05, 0) is 31.0 Å². The van der Waals surface area contributed by atoms with E-state index in [4.69, 9.17) is 15.0 Å². The minimum Gasteiger partial charge on any atom is -0.483 e. The van der Waals surface area contributed by atoms with Gasteiger partial charge in [-0.1, -0.05) is 30.3 Å². The molecule has 0 unspecified atom stereocenters. The molecule has 2 aromatic rings. The summed E-state index contributed by atoms with van der Waals surface area (Å²) in [7, 11) is 0. The zero-order valence-electron chi connectivity index (χ0n) is 11.3. The zero-order chi connectivity index (χ0) is 13.7. The highest BCUT2D eigenvalue weighted by Gasteiger charge is 2.10. The molecular weight excluding hydrogens is 242 g/mol. The summed E-state index contributed by atoms with van der Waals surface area (Å²) in [6.45, 7) is 4.88. The monoisotopic (exact) mass is 261 g/mol. The number of nitrogens with two attached hydrogens (primary N) is 1. The third-order valence-corrected chi connectivity index (χ3v) is 2.87. The Kier molecular flexibility index (Phi) is 4.52. The molecule has 19 heavy (non-hydrogen) atoms. The van der Waals surface area contributed by atoms with E-state index >= 15 is 0 Å². The van der Waals surface area contributed by atoms with Gasteiger partial charge in [0.1, 0.15) is 5.75 Å². The van der Waals surface area contributed by atoms with Gasteiger partial charge < -0.3 is 15.0 Å². The van der Waals surface area contributed by atoms with Crippen molar-refractivity contribution in [3.05, 3.63) is 41.0 Å². The lowest BCUT2D eigenvalue weighted by molar-refractivity contribution is 0.239. The normalized spacial score (nSPS) is 10.7. The number of rotatable bonds is 6. The van der Waals surface area contributed by atoms with Gasteiger partial charge in [0.25, 0.3) is 5.89 Å². The molecule has 5 nitrogen and oxygen atoms in total. The highest BCUT2D eigenvalue weighted by atomic mass is 16.5. The van der Waals surface area contributed by atoms with Crippen LogP contribution in [0.15, 0.2) is 22.7 Å². The molecule has 0 spiro atoms. The second-order valence-electron chi connectivity index (χ2n) is 4.35. The molecule has 0 aliphatic heterocycles. The molecule has 5 heteroatoms. The van der Waals surface area contributed by atoms with Crippen LogP contribution in [-0.4, -0.2) is 16.7 Å². The van der Waals surface area contributed by atoms with E-state index in [2.05, 4.69) is 10.1 Å². The van der Waals surface area contributed by atoms with Crippen LogP contribution in [-0.2, 0) is 19.4 Å². The van der Waals surface area contributed by atoms with Crippen LogP contribution in [0.3, 0.4) is 0 Å². The molecule has 0 saturated heterocycles. The fourth-order valence-corrected chi connectivity index (χ4v) is 1.90. The molecule has 0 fully saturated rings. The van der Waals surface area contributed by atoms with E-state index in [1.54, 1.807) is 0 Å². The topological polar surface area (TPSA) is 74.2 Å². The quantitative estimate of drug-likeness (QED) is 0.861. The predicted molar refractivity (Wildman–Crippen MR) is 71.9 cm³/mol. The van der Waals surface area contributed by atoms with Crippen LogP contribution in [0.4, 0.5) is 0 Å². The van der Waals surface area contributed by atoms with Crippen LogP contribution in [0.25, 0.3) is 0 Å². The molecule has 0 aliphatic carbocycles. The van der Waals surface area contributed by atoms with E-state index < -0.39 is 0 Å². The van der Waals surface area contributed by atoms with Gasteiger partial charge in [-0.3, -0.25) is 0 Å². The van der Waals surface area contributed by atoms with Crippen molar-refractivity contribution in [3.63, 3.8) is 0 Å². The number of nitrogens with zero attached hydrogens (tertiary/aromatic N) is 2. The first-order valence-corrected chi connectivity index (χ1v) is 6.47. The second-order valence-corrected chi connectivity index (χ2v) is 4.35. The number of hydrogen-bond donors (Lipinski definition) is 1. The summed E-state index contributed by atoms with van der Waals surface area (Å²) in [5.41, 5.74) is 7.81. The first kappa shape index (κ1) is 13.5. The summed E-state index contributed by atoms with van der Waals surface area (Å²) in [6.07, 6.45) is 1.55. The Morgan fingerprint density at radius 2 is 2.21 bits per heavy atom. The van der Waals surface area contributed by atoms with E-state index in [0.29, 0.717) is 18.3 Å². The summed E-state index contributed by atoms with van der Waals surface area (Å²) in [4.78, 5) is 4.22. The third kappa shape index (κ3) is 3.32. The summed E-state index contributed by atoms with van der Waals surface area (Å²) in [6, 6.07) is 6.05. The summed E-state index contributed by atoms with van der Waals surface area (Å²) in [5, 5.41) is 3.84. The molecule has 2 rings (SSSR count). The molecule has 0 atom stereocenters. The number of benzene rings is 1. The smallest absolute Gasteiger partial charge is 0.264 e. The molecular formula is C14H19N3O2. The van der Waals surface area contributed by atoms with Gasteiger partial charge in [-0.2, -0.15) is 4.98 Å². The van der Waals surface area contributed by atoms with E-state index in [-0.39, 0.29) is 6.61 Å². The van der Waals surface area contributed by atoms with Gasteiger partial charge >= 0.3 is 0 Å². The molecule has 2 N–H and O–H groups in total. The number of ether oxygens (including phenoxy) is 1. The van der Waals surface area contributed by atoms with Crippen LogP contribution in [0.2, 0.25) is 0 Å². The molecule has 0 saturated carbocycles. The zero-order valence-corrected chi connectivity index (χ0v) is 11.3. The Hall–Kier alpha value is -1.88. The lowest BCUT2D eigenvalue weighted by Crippen LogP contribution is -2.06. The molecule has 0 bridgehead atoms. The van der Waals surface area contributed by atoms with Gasteiger partial charge in [-0.25, -0.2) is 0 Å². The molecule has 0 aliphatic rings. The average molecular weight is 261 g/mol. The Morgan fingerprint density at radius 1 is 1.37 bits per heavy atom. The molecule has 1 aromatic heterocycles. The Bertz CT molecular complexity index is 537. The largest absolute Gasteiger partial charge is 0.483 e. The minimum absolute atomic E-state index is 0.287. The predicted octanol–water partition coefficient (Wildman–Crippen LogP) is 2.02. The fraction of sp³-hybridized carbons (Fsp3) is 0.429. The van der Waals surface area contributed by atoms with Crippen molar-refractivity contribution in [2.24, 2.45) is 5.73 Å². The fourth-order valence-electron chi connectivity index (χ4n) is 1.90. The molecule has 1 aromatic carbocycles. The van der Waals surface area contributed by atoms with E-state index in [9.17, 15) is 0 Å². The standard InChI is InChI=1S/C14H19N3O2/c1-3-12-16-13(19-17-12)9-18-14-10(2)5-4-6-11(14)7-8-15/h4-6H,3,7-9,15H2,1-2H3. The van der Waals surface area contributed by atoms with Crippen molar-refractivity contribution >= 4 is 0 Å². The van der Waals surface area contributed by atoms with Crippen LogP contribution in [0.5, 0.6) is 5.75 Å². The molecule has 1 heterocycles. The van der Waals surface area contributed by atoms with Crippen LogP contribution >= 0.6 is 0 Å². The Balaban J connectivity index is 2.09. The van der Waals surface area contributed by atoms with Crippen molar-refractivity contribution in [2.45, 2.75) is 33.3 Å². The highest BCUT2D eigenvalue weighted by molar-refractivity contribution is 5.40. The van der Waals surface area contributed by atoms with Gasteiger partial charge in [0.2, 0.25) is 0 Å². The maximum absolute atomic E-state index is 5.81. The van der Waals surface area contributed by atoms with Gasteiger partial charge in [0.05, 0.1) is 0 Å². The van der Waals surface area contributed by atoms with Crippen LogP contribution in [0, 0.1) is 6.92 Å². The molecule has 0 radical (unpaired) electrons. The van der Waals surface area contributed by atoms with E-state index in [1.165, 1.54) is 0 Å². The van der Waals surface area contributed by atoms with Gasteiger partial charge in [0, 0.05) is 6.42 Å². The van der Waals surface area contributed by atoms with Crippen molar-refractivity contribution in [1.29, 1.82) is 0 Å². The lowest BCUT2D eigenvalue weighted by atomic mass is 10.1. The first-order chi connectivity index (χ1) is 9.24. The number of hydrogen-bond acceptors (Lipinski definition) is 5. The average Bonchev–Trinajstić information content (AvgIpc) is 2.86. The van der Waals surface area contributed by atoms with Crippen molar-refractivity contribution in [3.8, 4) is 5.75 Å². The Morgan fingerprint density at radius 3 is 2.89 bits per heavy atom. The number of aryl methyl sites for hydroxylation is 2. The van der Waals surface area contributed by atoms with Crippen molar-refractivity contribution < 1.29 is 9.26 Å². The van der Waals surface area contributed by atoms with Crippen LogP contribution < -0.4 is 10.5 Å². The summed E-state index contributed by atoms with van der Waals surface area (Å²) < 4.78 is 10.9. The number of para-hydroxylation sites is 1. The highest BCUT2D eigenvalue weighted by Crippen LogP contribution is 2.24. The van der Waals surface area contributed by atoms with Gasteiger partial charge in [0.15, 0.2) is 12.4 Å². The Labute approximate surface area is 112 Å². The number of aromatic nitrogens is 2. The minimum atomic E-state index is 0.287. The van der Waals surface area contributed by atoms with E-state index in [1.807, 2.05) is 32.0 Å². The summed E-state index contributed by atoms with van der Waals surface area (Å²) in [5.74, 6) is 2.06. The molecule has 0 amide bonds. The van der Waals surface area contributed by atoms with Crippen LogP contribution in [0.1, 0.15) is 29.8 Å². The SMILES string of the molecule is CCc1noc(COc2c(C)cccc2CCN)n1. The van der Waals surface area contributed by atoms with Gasteiger partial charge in [-0.15, -0.1) is 0 Å². The lowest BCUT2D eigenvalue weighted by Gasteiger charge is -2.12. The third-order valence-electron chi connectivity index (χ3n) is 2.87. The molecule has 102 valence electrons. The maximum Gasteiger partial charge on any atom is 0.264 e. The summed E-state index contributed by atoms with van der Waals surface area (Å²) >= 11 is 0.